The van der Waals surface area contributed by atoms with Crippen LogP contribution in [0.25, 0.3) is 0 Å². The molecule has 1 amide bonds. The summed E-state index contributed by atoms with van der Waals surface area (Å²) in [4.78, 5) is 25.2. The molecule has 112 valence electrons. The summed E-state index contributed by atoms with van der Waals surface area (Å²) in [6, 6.07) is 5.30. The molecule has 2 heterocycles. The Morgan fingerprint density at radius 1 is 1.38 bits per heavy atom. The van der Waals surface area contributed by atoms with Crippen LogP contribution in [0.15, 0.2) is 18.2 Å². The third-order valence-electron chi connectivity index (χ3n) is 4.05. The first kappa shape index (κ1) is 14.2. The number of amides is 1. The van der Waals surface area contributed by atoms with Crippen molar-refractivity contribution in [3.63, 3.8) is 0 Å². The molecule has 0 spiro atoms. The Hall–Kier alpha value is -1.75. The number of aliphatic carboxylic acids is 1. The Bertz CT molecular complexity index is 589. The first-order chi connectivity index (χ1) is 10.0. The van der Waals surface area contributed by atoms with Crippen LogP contribution in [0.1, 0.15) is 18.4 Å². The summed E-state index contributed by atoms with van der Waals surface area (Å²) in [7, 11) is 0. The molecule has 2 aliphatic heterocycles. The van der Waals surface area contributed by atoms with E-state index in [1.807, 2.05) is 0 Å². The molecule has 0 unspecified atom stereocenters. The van der Waals surface area contributed by atoms with Crippen LogP contribution in [-0.2, 0) is 16.0 Å². The molecule has 1 aromatic carbocycles. The number of hydrogen-bond acceptors (Lipinski definition) is 3. The monoisotopic (exact) mass is 309 g/mol. The molecule has 1 N–H and O–H groups in total. The summed E-state index contributed by atoms with van der Waals surface area (Å²) in [6.45, 7) is 0.866. The van der Waals surface area contributed by atoms with Gasteiger partial charge in [0.25, 0.3) is 5.91 Å². The number of benzene rings is 1. The van der Waals surface area contributed by atoms with Crippen molar-refractivity contribution in [3.05, 3.63) is 28.8 Å². The van der Waals surface area contributed by atoms with Gasteiger partial charge in [-0.1, -0.05) is 11.6 Å². The van der Waals surface area contributed by atoms with Gasteiger partial charge in [0.05, 0.1) is 5.92 Å². The number of likely N-dealkylation sites (tertiary alicyclic amines) is 1. The second-order valence-electron chi connectivity index (χ2n) is 5.52. The Kier molecular flexibility index (Phi) is 3.76. The number of carboxylic acid groups (broad SMARTS) is 1. The number of halogens is 1. The van der Waals surface area contributed by atoms with Crippen LogP contribution >= 0.6 is 11.6 Å². The minimum atomic E-state index is -0.838. The predicted molar refractivity (Wildman–Crippen MR) is 76.5 cm³/mol. The number of carbonyl (C=O) groups is 2. The molecular formula is C15H16ClNO4. The van der Waals surface area contributed by atoms with Crippen molar-refractivity contribution in [3.8, 4) is 5.75 Å². The van der Waals surface area contributed by atoms with E-state index < -0.39 is 18.0 Å². The molecule has 21 heavy (non-hydrogen) atoms. The highest BCUT2D eigenvalue weighted by molar-refractivity contribution is 6.30. The van der Waals surface area contributed by atoms with Crippen LogP contribution in [0.5, 0.6) is 5.75 Å². The second kappa shape index (κ2) is 5.56. The Morgan fingerprint density at radius 2 is 2.19 bits per heavy atom. The Balaban J connectivity index is 1.68. The van der Waals surface area contributed by atoms with Crippen LogP contribution in [0.2, 0.25) is 5.02 Å². The van der Waals surface area contributed by atoms with Crippen molar-refractivity contribution < 1.29 is 19.4 Å². The summed E-state index contributed by atoms with van der Waals surface area (Å²) in [5, 5.41) is 9.71. The minimum absolute atomic E-state index is 0.131. The molecule has 0 aromatic heterocycles. The van der Waals surface area contributed by atoms with Gasteiger partial charge in [0, 0.05) is 24.5 Å². The molecule has 1 saturated heterocycles. The summed E-state index contributed by atoms with van der Waals surface area (Å²) in [5.74, 6) is -0.756. The van der Waals surface area contributed by atoms with E-state index in [1.165, 1.54) is 0 Å². The van der Waals surface area contributed by atoms with Crippen molar-refractivity contribution in [1.29, 1.82) is 0 Å². The molecule has 2 aliphatic rings. The van der Waals surface area contributed by atoms with Crippen LogP contribution in [0.3, 0.4) is 0 Å². The van der Waals surface area contributed by atoms with Crippen molar-refractivity contribution in [2.75, 3.05) is 13.1 Å². The fourth-order valence-electron chi connectivity index (χ4n) is 2.94. The number of nitrogens with zero attached hydrogens (tertiary/aromatic N) is 1. The lowest BCUT2D eigenvalue weighted by molar-refractivity contribution is -0.147. The quantitative estimate of drug-likeness (QED) is 0.907. The molecule has 3 rings (SSSR count). The van der Waals surface area contributed by atoms with Crippen molar-refractivity contribution in [1.82, 2.24) is 4.90 Å². The first-order valence-electron chi connectivity index (χ1n) is 7.01. The zero-order chi connectivity index (χ0) is 15.0. The molecule has 2 atom stereocenters. The average molecular weight is 310 g/mol. The Morgan fingerprint density at radius 3 is 2.95 bits per heavy atom. The van der Waals surface area contributed by atoms with Gasteiger partial charge in [0.1, 0.15) is 5.75 Å². The van der Waals surface area contributed by atoms with Gasteiger partial charge in [-0.15, -0.1) is 0 Å². The zero-order valence-electron chi connectivity index (χ0n) is 11.4. The number of carboxylic acids is 1. The fraction of sp³-hybridized carbons (Fsp3) is 0.467. The van der Waals surface area contributed by atoms with Gasteiger partial charge in [0.2, 0.25) is 0 Å². The minimum Gasteiger partial charge on any atom is -0.481 e. The predicted octanol–water partition coefficient (Wildman–Crippen LogP) is 1.97. The molecule has 6 heteroatoms. The summed E-state index contributed by atoms with van der Waals surface area (Å²) < 4.78 is 5.68. The fourth-order valence-corrected chi connectivity index (χ4v) is 3.13. The highest BCUT2D eigenvalue weighted by Gasteiger charge is 2.35. The number of rotatable bonds is 2. The van der Waals surface area contributed by atoms with Crippen LogP contribution in [0.4, 0.5) is 0 Å². The molecular weight excluding hydrogens is 294 g/mol. The number of piperidine rings is 1. The van der Waals surface area contributed by atoms with Crippen LogP contribution in [0, 0.1) is 5.92 Å². The van der Waals surface area contributed by atoms with Gasteiger partial charge in [-0.25, -0.2) is 0 Å². The normalized spacial score (nSPS) is 24.3. The van der Waals surface area contributed by atoms with Crippen LogP contribution < -0.4 is 4.74 Å². The van der Waals surface area contributed by atoms with E-state index in [2.05, 4.69) is 0 Å². The van der Waals surface area contributed by atoms with Gasteiger partial charge in [-0.2, -0.15) is 0 Å². The highest BCUT2D eigenvalue weighted by Crippen LogP contribution is 2.32. The van der Waals surface area contributed by atoms with E-state index >= 15 is 0 Å². The van der Waals surface area contributed by atoms with Gasteiger partial charge in [-0.3, -0.25) is 9.59 Å². The lowest BCUT2D eigenvalue weighted by Gasteiger charge is -2.32. The standard InChI is InChI=1S/C15H16ClNO4/c16-11-3-4-12-10(6-11)7-13(21-12)14(18)17-5-1-2-9(8-17)15(19)20/h3-4,6,9,13H,1-2,5,7-8H2,(H,19,20)/t9-,13-/m0/s1. The van der Waals surface area contributed by atoms with E-state index in [0.29, 0.717) is 36.6 Å². The molecule has 1 fully saturated rings. The van der Waals surface area contributed by atoms with Crippen molar-refractivity contribution in [2.45, 2.75) is 25.4 Å². The van der Waals surface area contributed by atoms with Gasteiger partial charge < -0.3 is 14.7 Å². The smallest absolute Gasteiger partial charge is 0.308 e. The maximum absolute atomic E-state index is 12.5. The van der Waals surface area contributed by atoms with E-state index in [-0.39, 0.29) is 12.5 Å². The lowest BCUT2D eigenvalue weighted by Crippen LogP contribution is -2.47. The maximum Gasteiger partial charge on any atom is 0.308 e. The van der Waals surface area contributed by atoms with Crippen molar-refractivity contribution >= 4 is 23.5 Å². The van der Waals surface area contributed by atoms with Crippen molar-refractivity contribution in [2.24, 2.45) is 5.92 Å². The summed E-state index contributed by atoms with van der Waals surface area (Å²) in [5.41, 5.74) is 0.924. The first-order valence-corrected chi connectivity index (χ1v) is 7.39. The third-order valence-corrected chi connectivity index (χ3v) is 4.29. The third kappa shape index (κ3) is 2.83. The second-order valence-corrected chi connectivity index (χ2v) is 5.96. The van der Waals surface area contributed by atoms with E-state index in [0.717, 1.165) is 5.56 Å². The maximum atomic E-state index is 12.5. The molecule has 5 nitrogen and oxygen atoms in total. The SMILES string of the molecule is O=C(O)[C@H]1CCCN(C(=O)[C@@H]2Cc3cc(Cl)ccc3O2)C1. The molecule has 0 saturated carbocycles. The van der Waals surface area contributed by atoms with Crippen LogP contribution in [-0.4, -0.2) is 41.1 Å². The topological polar surface area (TPSA) is 66.8 Å². The highest BCUT2D eigenvalue weighted by atomic mass is 35.5. The number of carbonyl (C=O) groups excluding carboxylic acids is 1. The molecule has 0 bridgehead atoms. The van der Waals surface area contributed by atoms with Gasteiger partial charge in [-0.05, 0) is 36.6 Å². The number of ether oxygens (including phenoxy) is 1. The largest absolute Gasteiger partial charge is 0.481 e. The zero-order valence-corrected chi connectivity index (χ0v) is 12.2. The molecule has 0 radical (unpaired) electrons. The average Bonchev–Trinajstić information content (AvgIpc) is 2.89. The van der Waals surface area contributed by atoms with Gasteiger partial charge >= 0.3 is 5.97 Å². The number of fused-ring (bicyclic) bond motifs is 1. The van der Waals surface area contributed by atoms with E-state index in [1.54, 1.807) is 23.1 Å². The van der Waals surface area contributed by atoms with Gasteiger partial charge in [0.15, 0.2) is 6.10 Å². The molecule has 0 aliphatic carbocycles. The summed E-state index contributed by atoms with van der Waals surface area (Å²) >= 11 is 5.94. The lowest BCUT2D eigenvalue weighted by atomic mass is 9.97. The number of hydrogen-bond donors (Lipinski definition) is 1. The molecule has 1 aromatic rings. The summed E-state index contributed by atoms with van der Waals surface area (Å²) in [6.07, 6.45) is 1.27. The van der Waals surface area contributed by atoms with E-state index in [9.17, 15) is 9.59 Å². The Labute approximate surface area is 127 Å². The van der Waals surface area contributed by atoms with E-state index in [4.69, 9.17) is 21.4 Å².